The molecule has 1 aliphatic heterocycles. The second-order valence-electron chi connectivity index (χ2n) is 8.05. The van der Waals surface area contributed by atoms with E-state index in [-0.39, 0.29) is 5.75 Å². The fourth-order valence-corrected chi connectivity index (χ4v) is 4.97. The molecule has 0 spiro atoms. The Balaban J connectivity index is 1.31. The zero-order chi connectivity index (χ0) is 24.6. The van der Waals surface area contributed by atoms with Gasteiger partial charge in [0.2, 0.25) is 11.1 Å². The van der Waals surface area contributed by atoms with Gasteiger partial charge < -0.3 is 9.88 Å². The zero-order valence-corrected chi connectivity index (χ0v) is 20.0. The van der Waals surface area contributed by atoms with Crippen molar-refractivity contribution in [1.29, 1.82) is 0 Å². The molecule has 4 aromatic rings. The average Bonchev–Trinajstić information content (AvgIpc) is 3.34. The van der Waals surface area contributed by atoms with E-state index in [1.54, 1.807) is 24.3 Å². The third-order valence-corrected chi connectivity index (χ3v) is 6.97. The Hall–Kier alpha value is -3.99. The number of hydrogen-bond acceptors (Lipinski definition) is 7. The van der Waals surface area contributed by atoms with Crippen molar-refractivity contribution in [2.75, 3.05) is 5.75 Å². The van der Waals surface area contributed by atoms with E-state index in [0.717, 1.165) is 27.7 Å². The quantitative estimate of drug-likeness (QED) is 0.302. The molecule has 2 aromatic heterocycles. The highest BCUT2D eigenvalue weighted by Gasteiger charge is 2.52. The molecular weight excluding hydrogens is 466 g/mol. The molecule has 1 aliphatic rings. The maximum Gasteiger partial charge on any atom is 0.344 e. The van der Waals surface area contributed by atoms with Gasteiger partial charge in [-0.1, -0.05) is 67.2 Å². The molecule has 2 aromatic carbocycles. The summed E-state index contributed by atoms with van der Waals surface area (Å²) >= 11 is 1.08. The van der Waals surface area contributed by atoms with Gasteiger partial charge >= 0.3 is 6.03 Å². The fraction of sp³-hybridized carbons (Fsp3) is 0.250. The minimum absolute atomic E-state index is 0.0962. The van der Waals surface area contributed by atoms with Crippen LogP contribution in [0.3, 0.4) is 0 Å². The van der Waals surface area contributed by atoms with Crippen molar-refractivity contribution in [3.05, 3.63) is 60.2 Å². The molecule has 0 bridgehead atoms. The number of nitrogens with zero attached hydrogens (tertiary/aromatic N) is 5. The van der Waals surface area contributed by atoms with Gasteiger partial charge in [-0.05, 0) is 25.0 Å². The predicted molar refractivity (Wildman–Crippen MR) is 131 cm³/mol. The number of fused-ring (bicyclic) bond motifs is 3. The molecule has 11 heteroatoms. The molecule has 35 heavy (non-hydrogen) atoms. The van der Waals surface area contributed by atoms with E-state index in [1.807, 2.05) is 48.7 Å². The lowest BCUT2D eigenvalue weighted by Crippen LogP contribution is -2.49. The minimum atomic E-state index is -1.22. The average molecular weight is 490 g/mol. The lowest BCUT2D eigenvalue weighted by molar-refractivity contribution is -0.138. The van der Waals surface area contributed by atoms with Crippen molar-refractivity contribution in [2.45, 2.75) is 37.5 Å². The van der Waals surface area contributed by atoms with Crippen LogP contribution in [-0.4, -0.2) is 48.4 Å². The Bertz CT molecular complexity index is 1460. The number of carbonyl (C=O) groups is 3. The number of aromatic nitrogens is 4. The molecule has 0 saturated carbocycles. The molecule has 0 radical (unpaired) electrons. The van der Waals surface area contributed by atoms with Crippen LogP contribution in [0.2, 0.25) is 0 Å². The molecule has 178 valence electrons. The third-order valence-electron chi connectivity index (χ3n) is 6.13. The second kappa shape index (κ2) is 8.99. The summed E-state index contributed by atoms with van der Waals surface area (Å²) in [6.07, 6.45) is 0.341. The van der Waals surface area contributed by atoms with Crippen molar-refractivity contribution in [3.63, 3.8) is 0 Å². The maximum atomic E-state index is 13.2. The van der Waals surface area contributed by atoms with E-state index in [1.165, 1.54) is 0 Å². The number of benzene rings is 2. The molecule has 10 nitrogen and oxygen atoms in total. The van der Waals surface area contributed by atoms with Crippen molar-refractivity contribution < 1.29 is 14.4 Å². The van der Waals surface area contributed by atoms with Gasteiger partial charge in [0.25, 0.3) is 5.91 Å². The van der Waals surface area contributed by atoms with Crippen LogP contribution in [0.15, 0.2) is 59.8 Å². The number of urea groups is 1. The SMILES string of the molecule is CCn1c2ccccc2c2nnc(SCC(=O)NN3C(=O)NC(CC)(c4ccccc4)C3=O)nc21. The summed E-state index contributed by atoms with van der Waals surface area (Å²) in [4.78, 5) is 43.0. The fourth-order valence-electron chi connectivity index (χ4n) is 4.40. The van der Waals surface area contributed by atoms with Gasteiger partial charge in [0.05, 0.1) is 11.3 Å². The minimum Gasteiger partial charge on any atom is -0.324 e. The smallest absolute Gasteiger partial charge is 0.324 e. The number of thioether (sulfide) groups is 1. The van der Waals surface area contributed by atoms with Crippen molar-refractivity contribution in [2.24, 2.45) is 0 Å². The predicted octanol–water partition coefficient (Wildman–Crippen LogP) is 2.98. The Kier molecular flexibility index (Phi) is 5.85. The summed E-state index contributed by atoms with van der Waals surface area (Å²) < 4.78 is 2.05. The number of aryl methyl sites for hydroxylation is 1. The van der Waals surface area contributed by atoms with Crippen LogP contribution in [0.1, 0.15) is 25.8 Å². The van der Waals surface area contributed by atoms with Gasteiger partial charge in [0.1, 0.15) is 11.1 Å². The standard InChI is InChI=1S/C24H23N7O3S/c1-3-24(15-10-6-5-7-11-15)21(33)31(23(34)26-24)29-18(32)14-35-22-25-20-19(27-28-22)16-12-8-9-13-17(16)30(20)4-2/h5-13H,3-4,14H2,1-2H3,(H,26,34)(H,29,32). The highest BCUT2D eigenvalue weighted by molar-refractivity contribution is 7.99. The largest absolute Gasteiger partial charge is 0.344 e. The van der Waals surface area contributed by atoms with E-state index < -0.39 is 23.4 Å². The first-order chi connectivity index (χ1) is 17.0. The van der Waals surface area contributed by atoms with Crippen LogP contribution in [0.4, 0.5) is 4.79 Å². The molecule has 4 amide bonds. The molecule has 3 heterocycles. The number of nitrogens with one attached hydrogen (secondary N) is 2. The highest BCUT2D eigenvalue weighted by Crippen LogP contribution is 2.31. The molecule has 1 unspecified atom stereocenters. The van der Waals surface area contributed by atoms with Crippen LogP contribution in [0.25, 0.3) is 22.1 Å². The summed E-state index contributed by atoms with van der Waals surface area (Å²) in [6, 6.07) is 16.2. The molecule has 1 fully saturated rings. The monoisotopic (exact) mass is 489 g/mol. The number of imide groups is 1. The first-order valence-corrected chi connectivity index (χ1v) is 12.2. The van der Waals surface area contributed by atoms with E-state index >= 15 is 0 Å². The number of amides is 4. The first-order valence-electron chi connectivity index (χ1n) is 11.2. The van der Waals surface area contributed by atoms with Crippen LogP contribution in [0, 0.1) is 0 Å². The molecule has 0 aliphatic carbocycles. The number of para-hydroxylation sites is 1. The van der Waals surface area contributed by atoms with Crippen LogP contribution in [0.5, 0.6) is 0 Å². The Morgan fingerprint density at radius 2 is 1.80 bits per heavy atom. The topological polar surface area (TPSA) is 122 Å². The normalized spacial score (nSPS) is 17.8. The summed E-state index contributed by atoms with van der Waals surface area (Å²) in [6.45, 7) is 4.54. The third kappa shape index (κ3) is 3.77. The second-order valence-corrected chi connectivity index (χ2v) is 8.99. The number of hydrogen-bond donors (Lipinski definition) is 2. The zero-order valence-electron chi connectivity index (χ0n) is 19.2. The van der Waals surface area contributed by atoms with Gasteiger partial charge in [-0.2, -0.15) is 5.01 Å². The molecule has 1 atom stereocenters. The Morgan fingerprint density at radius 1 is 1.06 bits per heavy atom. The summed E-state index contributed by atoms with van der Waals surface area (Å²) in [5.74, 6) is -1.15. The summed E-state index contributed by atoms with van der Waals surface area (Å²) in [7, 11) is 0. The van der Waals surface area contributed by atoms with E-state index in [2.05, 4.69) is 25.9 Å². The number of hydrazine groups is 1. The Morgan fingerprint density at radius 3 is 2.54 bits per heavy atom. The van der Waals surface area contributed by atoms with Crippen LogP contribution < -0.4 is 10.7 Å². The lowest BCUT2D eigenvalue weighted by Gasteiger charge is -2.25. The van der Waals surface area contributed by atoms with Gasteiger partial charge in [-0.3, -0.25) is 15.0 Å². The number of rotatable bonds is 7. The van der Waals surface area contributed by atoms with Gasteiger partial charge in [0, 0.05) is 11.9 Å². The maximum absolute atomic E-state index is 13.2. The summed E-state index contributed by atoms with van der Waals surface area (Å²) in [5.41, 5.74) is 4.27. The van der Waals surface area contributed by atoms with E-state index in [4.69, 9.17) is 0 Å². The van der Waals surface area contributed by atoms with Gasteiger partial charge in [-0.25, -0.2) is 9.78 Å². The molecule has 2 N–H and O–H groups in total. The number of carbonyl (C=O) groups excluding carboxylic acids is 3. The van der Waals surface area contributed by atoms with Gasteiger partial charge in [0.15, 0.2) is 5.65 Å². The molecular formula is C24H23N7O3S. The van der Waals surface area contributed by atoms with Gasteiger partial charge in [-0.15, -0.1) is 10.2 Å². The Labute approximate surface area is 205 Å². The van der Waals surface area contributed by atoms with E-state index in [9.17, 15) is 14.4 Å². The highest BCUT2D eigenvalue weighted by atomic mass is 32.2. The molecule has 1 saturated heterocycles. The molecule has 5 rings (SSSR count). The lowest BCUT2D eigenvalue weighted by atomic mass is 9.87. The van der Waals surface area contributed by atoms with Crippen molar-refractivity contribution in [1.82, 2.24) is 35.5 Å². The van der Waals surface area contributed by atoms with Crippen LogP contribution in [-0.2, 0) is 21.7 Å². The summed E-state index contributed by atoms with van der Waals surface area (Å²) in [5, 5.41) is 13.3. The van der Waals surface area contributed by atoms with E-state index in [0.29, 0.717) is 34.8 Å². The van der Waals surface area contributed by atoms with Crippen LogP contribution >= 0.6 is 11.8 Å². The first kappa shape index (κ1) is 22.8. The van der Waals surface area contributed by atoms with Crippen molar-refractivity contribution in [3.8, 4) is 0 Å². The van der Waals surface area contributed by atoms with Crippen molar-refractivity contribution >= 4 is 51.7 Å².